The Morgan fingerprint density at radius 1 is 1.19 bits per heavy atom. The molecule has 0 aliphatic rings. The van der Waals surface area contributed by atoms with Crippen molar-refractivity contribution < 1.29 is 9.53 Å². The largest absolute Gasteiger partial charge is 0.494 e. The molecule has 0 aliphatic heterocycles. The van der Waals surface area contributed by atoms with Gasteiger partial charge in [0.25, 0.3) is 0 Å². The van der Waals surface area contributed by atoms with E-state index in [9.17, 15) is 4.79 Å². The van der Waals surface area contributed by atoms with Gasteiger partial charge in [-0.25, -0.2) is 4.79 Å². The summed E-state index contributed by atoms with van der Waals surface area (Å²) in [4.78, 5) is 11.8. The quantitative estimate of drug-likeness (QED) is 0.662. The van der Waals surface area contributed by atoms with Gasteiger partial charge in [0.05, 0.1) is 6.61 Å². The normalized spacial score (nSPS) is 11.8. The number of hydrogen-bond donors (Lipinski definition) is 2. The minimum absolute atomic E-state index is 0.151. The van der Waals surface area contributed by atoms with Crippen LogP contribution in [0.1, 0.15) is 46.5 Å². The van der Waals surface area contributed by atoms with Crippen LogP contribution < -0.4 is 15.4 Å². The minimum atomic E-state index is -0.151. The van der Waals surface area contributed by atoms with Crippen molar-refractivity contribution in [2.24, 2.45) is 5.92 Å². The summed E-state index contributed by atoms with van der Waals surface area (Å²) in [6.07, 6.45) is 4.90. The zero-order valence-corrected chi connectivity index (χ0v) is 13.4. The molecule has 0 heterocycles. The molecule has 1 aromatic carbocycles. The smallest absolute Gasteiger partial charge is 0.319 e. The number of carbonyl (C=O) groups is 1. The van der Waals surface area contributed by atoms with Gasteiger partial charge in [-0.1, -0.05) is 33.1 Å². The molecule has 4 heteroatoms. The third-order valence-corrected chi connectivity index (χ3v) is 3.33. The van der Waals surface area contributed by atoms with Crippen LogP contribution in [0.5, 0.6) is 5.75 Å². The number of hydrogen-bond acceptors (Lipinski definition) is 2. The number of ether oxygens (including phenoxy) is 1. The Bertz CT molecular complexity index is 404. The van der Waals surface area contributed by atoms with Crippen molar-refractivity contribution in [2.45, 2.75) is 46.5 Å². The van der Waals surface area contributed by atoms with Crippen molar-refractivity contribution in [3.05, 3.63) is 24.3 Å². The van der Waals surface area contributed by atoms with Crippen LogP contribution in [0.4, 0.5) is 10.5 Å². The van der Waals surface area contributed by atoms with Crippen LogP contribution >= 0.6 is 0 Å². The van der Waals surface area contributed by atoms with E-state index in [0.29, 0.717) is 19.1 Å². The number of carbonyl (C=O) groups excluding carboxylic acids is 1. The summed E-state index contributed by atoms with van der Waals surface area (Å²) in [5.41, 5.74) is 0.773. The summed E-state index contributed by atoms with van der Waals surface area (Å²) in [7, 11) is 0. The van der Waals surface area contributed by atoms with Crippen molar-refractivity contribution in [2.75, 3.05) is 18.5 Å². The third kappa shape index (κ3) is 7.59. The second kappa shape index (κ2) is 10.1. The van der Waals surface area contributed by atoms with Gasteiger partial charge in [0.15, 0.2) is 0 Å². The Kier molecular flexibility index (Phi) is 8.32. The van der Waals surface area contributed by atoms with Crippen LogP contribution in [-0.2, 0) is 0 Å². The maximum absolute atomic E-state index is 11.8. The van der Waals surface area contributed by atoms with E-state index in [0.717, 1.165) is 17.9 Å². The molecule has 2 amide bonds. The highest BCUT2D eigenvalue weighted by atomic mass is 16.5. The van der Waals surface area contributed by atoms with Gasteiger partial charge in [-0.15, -0.1) is 0 Å². The molecule has 1 aromatic rings. The van der Waals surface area contributed by atoms with Gasteiger partial charge in [0.1, 0.15) is 5.75 Å². The maximum atomic E-state index is 11.8. The molecule has 118 valence electrons. The number of urea groups is 1. The predicted octanol–water partition coefficient (Wildman–Crippen LogP) is 4.42. The van der Waals surface area contributed by atoms with E-state index in [2.05, 4.69) is 24.5 Å². The SMILES string of the molecule is CCCCCC(C)CNC(=O)Nc1ccc(OCC)cc1. The number of anilines is 1. The van der Waals surface area contributed by atoms with Crippen molar-refractivity contribution in [3.63, 3.8) is 0 Å². The first-order chi connectivity index (χ1) is 10.2. The summed E-state index contributed by atoms with van der Waals surface area (Å²) in [6, 6.07) is 7.24. The van der Waals surface area contributed by atoms with Crippen molar-refractivity contribution in [3.8, 4) is 5.75 Å². The van der Waals surface area contributed by atoms with E-state index < -0.39 is 0 Å². The number of benzene rings is 1. The molecular formula is C17H28N2O2. The summed E-state index contributed by atoms with van der Waals surface area (Å²) in [5, 5.41) is 5.74. The first-order valence-corrected chi connectivity index (χ1v) is 7.93. The Morgan fingerprint density at radius 2 is 1.90 bits per heavy atom. The van der Waals surface area contributed by atoms with Crippen molar-refractivity contribution >= 4 is 11.7 Å². The van der Waals surface area contributed by atoms with E-state index in [4.69, 9.17) is 4.74 Å². The van der Waals surface area contributed by atoms with Gasteiger partial charge >= 0.3 is 6.03 Å². The van der Waals surface area contributed by atoms with Gasteiger partial charge in [0.2, 0.25) is 0 Å². The molecule has 1 rings (SSSR count). The minimum Gasteiger partial charge on any atom is -0.494 e. The summed E-state index contributed by atoms with van der Waals surface area (Å²) in [6.45, 7) is 7.68. The second-order valence-corrected chi connectivity index (χ2v) is 5.39. The molecule has 21 heavy (non-hydrogen) atoms. The van der Waals surface area contributed by atoms with Gasteiger partial charge in [-0.2, -0.15) is 0 Å². The highest BCUT2D eigenvalue weighted by Crippen LogP contribution is 2.15. The van der Waals surface area contributed by atoms with Gasteiger partial charge in [0, 0.05) is 12.2 Å². The molecule has 2 N–H and O–H groups in total. The Labute approximate surface area is 128 Å². The molecule has 0 saturated carbocycles. The molecule has 4 nitrogen and oxygen atoms in total. The zero-order valence-electron chi connectivity index (χ0n) is 13.4. The van der Waals surface area contributed by atoms with E-state index in [-0.39, 0.29) is 6.03 Å². The van der Waals surface area contributed by atoms with Crippen molar-refractivity contribution in [1.82, 2.24) is 5.32 Å². The first-order valence-electron chi connectivity index (χ1n) is 7.93. The molecule has 1 atom stereocenters. The lowest BCUT2D eigenvalue weighted by molar-refractivity contribution is 0.250. The third-order valence-electron chi connectivity index (χ3n) is 3.33. The van der Waals surface area contributed by atoms with E-state index >= 15 is 0 Å². The summed E-state index contributed by atoms with van der Waals surface area (Å²) >= 11 is 0. The standard InChI is InChI=1S/C17H28N2O2/c1-4-6-7-8-14(3)13-18-17(20)19-15-9-11-16(12-10-15)21-5-2/h9-12,14H,4-8,13H2,1-3H3,(H2,18,19,20). The molecule has 0 aromatic heterocycles. The Morgan fingerprint density at radius 3 is 2.52 bits per heavy atom. The molecular weight excluding hydrogens is 264 g/mol. The zero-order chi connectivity index (χ0) is 15.5. The lowest BCUT2D eigenvalue weighted by Crippen LogP contribution is -2.32. The highest BCUT2D eigenvalue weighted by Gasteiger charge is 2.05. The fourth-order valence-corrected chi connectivity index (χ4v) is 2.09. The van der Waals surface area contributed by atoms with Crippen molar-refractivity contribution in [1.29, 1.82) is 0 Å². The van der Waals surface area contributed by atoms with Crippen LogP contribution in [0.3, 0.4) is 0 Å². The van der Waals surface area contributed by atoms with Crippen LogP contribution in [0, 0.1) is 5.92 Å². The van der Waals surface area contributed by atoms with Gasteiger partial charge in [-0.05, 0) is 43.5 Å². The monoisotopic (exact) mass is 292 g/mol. The lowest BCUT2D eigenvalue weighted by atomic mass is 10.0. The number of rotatable bonds is 9. The molecule has 1 unspecified atom stereocenters. The topological polar surface area (TPSA) is 50.4 Å². The van der Waals surface area contributed by atoms with E-state index in [1.807, 2.05) is 31.2 Å². The van der Waals surface area contributed by atoms with Crippen LogP contribution in [0.15, 0.2) is 24.3 Å². The number of nitrogens with one attached hydrogen (secondary N) is 2. The van der Waals surface area contributed by atoms with E-state index in [1.165, 1.54) is 19.3 Å². The average Bonchev–Trinajstić information content (AvgIpc) is 2.48. The van der Waals surface area contributed by atoms with Crippen LogP contribution in [-0.4, -0.2) is 19.2 Å². The Hall–Kier alpha value is -1.71. The molecule has 0 fully saturated rings. The van der Waals surface area contributed by atoms with Gasteiger partial charge < -0.3 is 15.4 Å². The second-order valence-electron chi connectivity index (χ2n) is 5.39. The summed E-state index contributed by atoms with van der Waals surface area (Å²) in [5.74, 6) is 1.33. The predicted molar refractivity (Wildman–Crippen MR) is 87.9 cm³/mol. The summed E-state index contributed by atoms with van der Waals surface area (Å²) < 4.78 is 5.36. The number of amides is 2. The van der Waals surface area contributed by atoms with Crippen LogP contribution in [0.25, 0.3) is 0 Å². The fourth-order valence-electron chi connectivity index (χ4n) is 2.09. The van der Waals surface area contributed by atoms with E-state index in [1.54, 1.807) is 0 Å². The maximum Gasteiger partial charge on any atom is 0.319 e. The first kappa shape index (κ1) is 17.3. The molecule has 0 radical (unpaired) electrons. The lowest BCUT2D eigenvalue weighted by Gasteiger charge is -2.13. The molecule has 0 spiro atoms. The number of unbranched alkanes of at least 4 members (excludes halogenated alkanes) is 2. The molecule has 0 saturated heterocycles. The van der Waals surface area contributed by atoms with Crippen LogP contribution in [0.2, 0.25) is 0 Å². The molecule has 0 aliphatic carbocycles. The average molecular weight is 292 g/mol. The Balaban J connectivity index is 2.26. The fraction of sp³-hybridized carbons (Fsp3) is 0.588. The molecule has 0 bridgehead atoms. The highest BCUT2D eigenvalue weighted by molar-refractivity contribution is 5.89. The van der Waals surface area contributed by atoms with Gasteiger partial charge in [-0.3, -0.25) is 0 Å².